The molecule has 2 saturated carbocycles. The summed E-state index contributed by atoms with van der Waals surface area (Å²) in [5, 5.41) is 0. The minimum Gasteiger partial charge on any atom is -0.330 e. The van der Waals surface area contributed by atoms with Gasteiger partial charge in [-0.05, 0) is 43.1 Å². The van der Waals surface area contributed by atoms with Crippen molar-refractivity contribution in [3.05, 3.63) is 0 Å². The predicted octanol–water partition coefficient (Wildman–Crippen LogP) is 2.55. The Morgan fingerprint density at radius 2 is 1.83 bits per heavy atom. The van der Waals surface area contributed by atoms with Gasteiger partial charge in [-0.1, -0.05) is 26.2 Å². The van der Waals surface area contributed by atoms with E-state index in [-0.39, 0.29) is 0 Å². The first-order valence-corrected chi connectivity index (χ1v) is 5.50. The molecule has 2 rings (SSSR count). The molecule has 2 atom stereocenters. The van der Waals surface area contributed by atoms with Gasteiger partial charge in [0.2, 0.25) is 0 Å². The van der Waals surface area contributed by atoms with E-state index in [0.717, 1.165) is 18.4 Å². The first kappa shape index (κ1) is 8.55. The molecule has 0 aromatic heterocycles. The molecule has 0 heterocycles. The summed E-state index contributed by atoms with van der Waals surface area (Å²) in [6.45, 7) is 3.24. The third kappa shape index (κ3) is 1.19. The second kappa shape index (κ2) is 3.02. The zero-order valence-electron chi connectivity index (χ0n) is 8.18. The number of rotatable bonds is 2. The number of fused-ring (bicyclic) bond motifs is 1. The van der Waals surface area contributed by atoms with Crippen molar-refractivity contribution in [3.63, 3.8) is 0 Å². The van der Waals surface area contributed by atoms with Crippen LogP contribution in [0.1, 0.15) is 45.4 Å². The Bertz CT molecular complexity index is 146. The van der Waals surface area contributed by atoms with Crippen LogP contribution in [0, 0.1) is 17.3 Å². The summed E-state index contributed by atoms with van der Waals surface area (Å²) in [5.41, 5.74) is 6.43. The van der Waals surface area contributed by atoms with Crippen LogP contribution < -0.4 is 5.73 Å². The van der Waals surface area contributed by atoms with Crippen LogP contribution in [0.3, 0.4) is 0 Å². The Morgan fingerprint density at radius 3 is 2.25 bits per heavy atom. The molecule has 0 aliphatic heterocycles. The van der Waals surface area contributed by atoms with Gasteiger partial charge in [-0.15, -0.1) is 0 Å². The average Bonchev–Trinajstić information content (AvgIpc) is 2.61. The lowest BCUT2D eigenvalue weighted by Gasteiger charge is -2.26. The van der Waals surface area contributed by atoms with Crippen LogP contribution in [-0.4, -0.2) is 6.54 Å². The molecule has 1 nitrogen and oxygen atoms in total. The van der Waals surface area contributed by atoms with Crippen molar-refractivity contribution >= 4 is 0 Å². The number of nitrogens with two attached hydrogens (primary N) is 1. The predicted molar refractivity (Wildman–Crippen MR) is 51.8 cm³/mol. The SMILES string of the molecule is CCC1(CN)CC2CCCC2C1. The van der Waals surface area contributed by atoms with E-state index in [4.69, 9.17) is 5.73 Å². The third-order valence-corrected chi connectivity index (χ3v) is 4.39. The normalized spacial score (nSPS) is 46.5. The topological polar surface area (TPSA) is 26.0 Å². The third-order valence-electron chi connectivity index (χ3n) is 4.39. The smallest absolute Gasteiger partial charge is 0.00204 e. The van der Waals surface area contributed by atoms with Gasteiger partial charge in [0.1, 0.15) is 0 Å². The van der Waals surface area contributed by atoms with Gasteiger partial charge < -0.3 is 5.73 Å². The van der Waals surface area contributed by atoms with E-state index >= 15 is 0 Å². The molecular weight excluding hydrogens is 146 g/mol. The van der Waals surface area contributed by atoms with Crippen molar-refractivity contribution in [3.8, 4) is 0 Å². The summed E-state index contributed by atoms with van der Waals surface area (Å²) in [7, 11) is 0. The molecule has 2 fully saturated rings. The van der Waals surface area contributed by atoms with Gasteiger partial charge >= 0.3 is 0 Å². The number of hydrogen-bond acceptors (Lipinski definition) is 1. The van der Waals surface area contributed by atoms with Crippen molar-refractivity contribution in [2.45, 2.75) is 45.4 Å². The van der Waals surface area contributed by atoms with Crippen LogP contribution in [-0.2, 0) is 0 Å². The molecule has 0 bridgehead atoms. The van der Waals surface area contributed by atoms with Gasteiger partial charge in [0.15, 0.2) is 0 Å². The minimum atomic E-state index is 0.551. The van der Waals surface area contributed by atoms with Gasteiger partial charge in [-0.3, -0.25) is 0 Å². The van der Waals surface area contributed by atoms with Gasteiger partial charge in [-0.2, -0.15) is 0 Å². The molecule has 12 heavy (non-hydrogen) atoms. The Hall–Kier alpha value is -0.0400. The first-order chi connectivity index (χ1) is 5.79. The average molecular weight is 167 g/mol. The Morgan fingerprint density at radius 1 is 1.25 bits per heavy atom. The Balaban J connectivity index is 2.05. The van der Waals surface area contributed by atoms with E-state index in [0.29, 0.717) is 5.41 Å². The molecule has 2 unspecified atom stereocenters. The molecule has 2 aliphatic carbocycles. The highest BCUT2D eigenvalue weighted by atomic mass is 14.6. The maximum absolute atomic E-state index is 5.88. The zero-order chi connectivity index (χ0) is 8.60. The van der Waals surface area contributed by atoms with Gasteiger partial charge in [0.05, 0.1) is 0 Å². The fourth-order valence-corrected chi connectivity index (χ4v) is 3.45. The largest absolute Gasteiger partial charge is 0.330 e. The van der Waals surface area contributed by atoms with E-state index in [9.17, 15) is 0 Å². The standard InChI is InChI=1S/C11H21N/c1-2-11(8-12)6-9-4-3-5-10(9)7-11/h9-10H,2-8,12H2,1H3. The van der Waals surface area contributed by atoms with Gasteiger partial charge in [0, 0.05) is 0 Å². The molecule has 70 valence electrons. The second-order valence-electron chi connectivity index (χ2n) is 4.92. The second-order valence-corrected chi connectivity index (χ2v) is 4.92. The summed E-state index contributed by atoms with van der Waals surface area (Å²) in [5.74, 6) is 2.10. The van der Waals surface area contributed by atoms with Crippen molar-refractivity contribution < 1.29 is 0 Å². The lowest BCUT2D eigenvalue weighted by molar-refractivity contribution is 0.271. The van der Waals surface area contributed by atoms with Crippen LogP contribution in [0.4, 0.5) is 0 Å². The molecule has 1 heteroatoms. The Labute approximate surface area is 75.7 Å². The highest BCUT2D eigenvalue weighted by molar-refractivity contribution is 4.96. The van der Waals surface area contributed by atoms with Crippen molar-refractivity contribution in [1.82, 2.24) is 0 Å². The summed E-state index contributed by atoms with van der Waals surface area (Å²) in [6, 6.07) is 0. The lowest BCUT2D eigenvalue weighted by atomic mass is 9.81. The summed E-state index contributed by atoms with van der Waals surface area (Å²) < 4.78 is 0. The fourth-order valence-electron chi connectivity index (χ4n) is 3.45. The maximum Gasteiger partial charge on any atom is -0.00204 e. The van der Waals surface area contributed by atoms with Crippen LogP contribution in [0.25, 0.3) is 0 Å². The summed E-state index contributed by atoms with van der Waals surface area (Å²) in [6.07, 6.45) is 8.64. The molecular formula is C11H21N. The highest BCUT2D eigenvalue weighted by Crippen LogP contribution is 2.53. The molecule has 2 N–H and O–H groups in total. The molecule has 0 spiro atoms. The molecule has 0 amide bonds. The summed E-state index contributed by atoms with van der Waals surface area (Å²) in [4.78, 5) is 0. The van der Waals surface area contributed by atoms with Crippen molar-refractivity contribution in [2.75, 3.05) is 6.54 Å². The first-order valence-electron chi connectivity index (χ1n) is 5.50. The molecule has 0 aromatic rings. The van der Waals surface area contributed by atoms with Crippen LogP contribution in [0.2, 0.25) is 0 Å². The maximum atomic E-state index is 5.88. The minimum absolute atomic E-state index is 0.551. The Kier molecular flexibility index (Phi) is 2.16. The van der Waals surface area contributed by atoms with Gasteiger partial charge in [-0.25, -0.2) is 0 Å². The van der Waals surface area contributed by atoms with E-state index in [1.54, 1.807) is 0 Å². The van der Waals surface area contributed by atoms with Crippen LogP contribution in [0.15, 0.2) is 0 Å². The van der Waals surface area contributed by atoms with Crippen LogP contribution >= 0.6 is 0 Å². The van der Waals surface area contributed by atoms with Gasteiger partial charge in [0.25, 0.3) is 0 Å². The zero-order valence-corrected chi connectivity index (χ0v) is 8.18. The van der Waals surface area contributed by atoms with E-state index in [1.807, 2.05) is 0 Å². The molecule has 0 aromatic carbocycles. The van der Waals surface area contributed by atoms with E-state index < -0.39 is 0 Å². The summed E-state index contributed by atoms with van der Waals surface area (Å²) >= 11 is 0. The fraction of sp³-hybridized carbons (Fsp3) is 1.00. The molecule has 2 aliphatic rings. The quantitative estimate of drug-likeness (QED) is 0.672. The van der Waals surface area contributed by atoms with Crippen molar-refractivity contribution in [2.24, 2.45) is 23.0 Å². The lowest BCUT2D eigenvalue weighted by Crippen LogP contribution is -2.27. The van der Waals surface area contributed by atoms with Crippen LogP contribution in [0.5, 0.6) is 0 Å². The molecule has 0 radical (unpaired) electrons. The monoisotopic (exact) mass is 167 g/mol. The van der Waals surface area contributed by atoms with E-state index in [2.05, 4.69) is 6.92 Å². The molecule has 0 saturated heterocycles. The number of hydrogen-bond donors (Lipinski definition) is 1. The van der Waals surface area contributed by atoms with E-state index in [1.165, 1.54) is 38.5 Å². The highest BCUT2D eigenvalue weighted by Gasteiger charge is 2.44. The van der Waals surface area contributed by atoms with Crippen molar-refractivity contribution in [1.29, 1.82) is 0 Å².